The van der Waals surface area contributed by atoms with E-state index in [1.807, 2.05) is 0 Å². The van der Waals surface area contributed by atoms with Crippen molar-refractivity contribution in [2.45, 2.75) is 32.6 Å². The molecular weight excluding hydrogens is 172 g/mol. The van der Waals surface area contributed by atoms with Crippen LogP contribution < -0.4 is 0 Å². The lowest BCUT2D eigenvalue weighted by Gasteiger charge is -2.16. The van der Waals surface area contributed by atoms with Crippen LogP contribution in [0.2, 0.25) is 0 Å². The predicted octanol–water partition coefficient (Wildman–Crippen LogP) is 2.10. The van der Waals surface area contributed by atoms with E-state index in [9.17, 15) is 9.59 Å². The van der Waals surface area contributed by atoms with Gasteiger partial charge in [-0.2, -0.15) is 0 Å². The number of rotatable bonds is 2. The smallest absolute Gasteiger partial charge is 0.449 e. The van der Waals surface area contributed by atoms with Crippen LogP contribution in [-0.2, 0) is 9.53 Å². The van der Waals surface area contributed by atoms with Crippen LogP contribution in [0.15, 0.2) is 11.3 Å². The van der Waals surface area contributed by atoms with Gasteiger partial charge in [0.25, 0.3) is 0 Å². The van der Waals surface area contributed by atoms with Crippen LogP contribution in [-0.4, -0.2) is 17.0 Å². The maximum absolute atomic E-state index is 11.1. The van der Waals surface area contributed by atoms with Crippen molar-refractivity contribution in [1.29, 1.82) is 0 Å². The molecule has 1 aliphatic carbocycles. The van der Waals surface area contributed by atoms with Crippen molar-refractivity contribution in [3.8, 4) is 0 Å². The number of hydrogen-bond acceptors (Lipinski definition) is 3. The molecule has 0 fully saturated rings. The van der Waals surface area contributed by atoms with E-state index in [0.717, 1.165) is 12.8 Å². The Morgan fingerprint density at radius 3 is 2.46 bits per heavy atom. The molecule has 0 saturated carbocycles. The third-order valence-corrected chi connectivity index (χ3v) is 2.05. The SMILES string of the molecule is CC(=O)C1=C(OC(=O)O)CCCC1. The van der Waals surface area contributed by atoms with E-state index in [1.54, 1.807) is 0 Å². The van der Waals surface area contributed by atoms with Crippen LogP contribution in [0.1, 0.15) is 32.6 Å². The van der Waals surface area contributed by atoms with Gasteiger partial charge >= 0.3 is 6.16 Å². The van der Waals surface area contributed by atoms with Gasteiger partial charge in [0, 0.05) is 12.0 Å². The molecule has 1 N–H and O–H groups in total. The molecule has 0 aliphatic heterocycles. The quantitative estimate of drug-likeness (QED) is 0.667. The Hall–Kier alpha value is -1.32. The molecule has 0 saturated heterocycles. The summed E-state index contributed by atoms with van der Waals surface area (Å²) in [4.78, 5) is 21.3. The zero-order chi connectivity index (χ0) is 9.84. The molecule has 0 unspecified atom stereocenters. The van der Waals surface area contributed by atoms with Crippen LogP contribution in [0.5, 0.6) is 0 Å². The Kier molecular flexibility index (Phi) is 3.06. The van der Waals surface area contributed by atoms with Crippen molar-refractivity contribution < 1.29 is 19.4 Å². The van der Waals surface area contributed by atoms with E-state index in [1.165, 1.54) is 6.92 Å². The first-order valence-corrected chi connectivity index (χ1v) is 4.25. The second-order valence-corrected chi connectivity index (χ2v) is 3.03. The third kappa shape index (κ3) is 2.57. The van der Waals surface area contributed by atoms with Crippen molar-refractivity contribution in [3.05, 3.63) is 11.3 Å². The van der Waals surface area contributed by atoms with Crippen molar-refractivity contribution >= 4 is 11.9 Å². The molecule has 1 rings (SSSR count). The molecule has 0 aromatic rings. The fraction of sp³-hybridized carbons (Fsp3) is 0.556. The summed E-state index contributed by atoms with van der Waals surface area (Å²) >= 11 is 0. The second kappa shape index (κ2) is 4.07. The molecule has 4 nitrogen and oxygen atoms in total. The topological polar surface area (TPSA) is 63.6 Å². The Morgan fingerprint density at radius 1 is 1.31 bits per heavy atom. The average Bonchev–Trinajstić information content (AvgIpc) is 2.03. The molecule has 0 bridgehead atoms. The lowest BCUT2D eigenvalue weighted by molar-refractivity contribution is -0.114. The van der Waals surface area contributed by atoms with Crippen LogP contribution >= 0.6 is 0 Å². The molecule has 0 amide bonds. The summed E-state index contributed by atoms with van der Waals surface area (Å²) in [6.45, 7) is 1.44. The summed E-state index contributed by atoms with van der Waals surface area (Å²) in [6.07, 6.45) is 1.68. The first kappa shape index (κ1) is 9.77. The number of hydrogen-bond donors (Lipinski definition) is 1. The van der Waals surface area contributed by atoms with Gasteiger partial charge in [-0.1, -0.05) is 0 Å². The zero-order valence-electron chi connectivity index (χ0n) is 7.50. The number of allylic oxidation sites excluding steroid dienone is 2. The third-order valence-electron chi connectivity index (χ3n) is 2.05. The Balaban J connectivity index is 2.83. The molecule has 0 spiro atoms. The van der Waals surface area contributed by atoms with Gasteiger partial charge in [-0.25, -0.2) is 4.79 Å². The molecule has 0 heterocycles. The molecule has 13 heavy (non-hydrogen) atoms. The molecule has 0 atom stereocenters. The first-order valence-electron chi connectivity index (χ1n) is 4.25. The van der Waals surface area contributed by atoms with Gasteiger partial charge < -0.3 is 9.84 Å². The minimum atomic E-state index is -1.34. The monoisotopic (exact) mass is 184 g/mol. The number of carboxylic acid groups (broad SMARTS) is 1. The van der Waals surface area contributed by atoms with Crippen LogP contribution in [0.3, 0.4) is 0 Å². The number of carbonyl (C=O) groups is 2. The summed E-state index contributed by atoms with van der Waals surface area (Å²) < 4.78 is 4.54. The first-order chi connectivity index (χ1) is 6.11. The van der Waals surface area contributed by atoms with E-state index in [2.05, 4.69) is 4.74 Å². The largest absolute Gasteiger partial charge is 0.511 e. The van der Waals surface area contributed by atoms with Crippen molar-refractivity contribution in [1.82, 2.24) is 0 Å². The number of ketones is 1. The predicted molar refractivity (Wildman–Crippen MR) is 45.3 cm³/mol. The van der Waals surface area contributed by atoms with Crippen molar-refractivity contribution in [2.75, 3.05) is 0 Å². The van der Waals surface area contributed by atoms with Crippen LogP contribution in [0, 0.1) is 0 Å². The zero-order valence-corrected chi connectivity index (χ0v) is 7.50. The maximum Gasteiger partial charge on any atom is 0.511 e. The summed E-state index contributed by atoms with van der Waals surface area (Å²) in [5.41, 5.74) is 0.536. The van der Waals surface area contributed by atoms with Crippen molar-refractivity contribution in [3.63, 3.8) is 0 Å². The van der Waals surface area contributed by atoms with Gasteiger partial charge in [0.05, 0.1) is 0 Å². The van der Waals surface area contributed by atoms with Crippen LogP contribution in [0.25, 0.3) is 0 Å². The Morgan fingerprint density at radius 2 is 1.92 bits per heavy atom. The highest BCUT2D eigenvalue weighted by atomic mass is 16.7. The van der Waals surface area contributed by atoms with E-state index in [4.69, 9.17) is 5.11 Å². The molecule has 4 heteroatoms. The summed E-state index contributed by atoms with van der Waals surface area (Å²) in [7, 11) is 0. The number of ether oxygens (including phenoxy) is 1. The van der Waals surface area contributed by atoms with E-state index < -0.39 is 6.16 Å². The lowest BCUT2D eigenvalue weighted by Crippen LogP contribution is -2.11. The van der Waals surface area contributed by atoms with Gasteiger partial charge in [-0.05, 0) is 26.2 Å². The maximum atomic E-state index is 11.1. The normalized spacial score (nSPS) is 17.0. The fourth-order valence-electron chi connectivity index (χ4n) is 1.47. The fourth-order valence-corrected chi connectivity index (χ4v) is 1.47. The average molecular weight is 184 g/mol. The van der Waals surface area contributed by atoms with Crippen LogP contribution in [0.4, 0.5) is 4.79 Å². The van der Waals surface area contributed by atoms with Gasteiger partial charge in [0.1, 0.15) is 5.76 Å². The summed E-state index contributed by atoms with van der Waals surface area (Å²) in [6, 6.07) is 0. The van der Waals surface area contributed by atoms with E-state index >= 15 is 0 Å². The second-order valence-electron chi connectivity index (χ2n) is 3.03. The van der Waals surface area contributed by atoms with Gasteiger partial charge in [0.2, 0.25) is 0 Å². The highest BCUT2D eigenvalue weighted by molar-refractivity contribution is 5.94. The van der Waals surface area contributed by atoms with E-state index in [0.29, 0.717) is 24.2 Å². The highest BCUT2D eigenvalue weighted by Crippen LogP contribution is 2.26. The standard InChI is InChI=1S/C9H12O4/c1-6(10)7-4-2-3-5-8(7)13-9(11)12/h2-5H2,1H3,(H,11,12). The Labute approximate surface area is 76.2 Å². The highest BCUT2D eigenvalue weighted by Gasteiger charge is 2.19. The molecule has 0 radical (unpaired) electrons. The number of Topliss-reactive ketones (excluding diaryl/α,β-unsaturated/α-hetero) is 1. The lowest BCUT2D eigenvalue weighted by atomic mass is 9.95. The summed E-state index contributed by atoms with van der Waals surface area (Å²) in [5, 5.41) is 8.40. The van der Waals surface area contributed by atoms with E-state index in [-0.39, 0.29) is 5.78 Å². The van der Waals surface area contributed by atoms with Gasteiger partial charge in [-0.3, -0.25) is 4.79 Å². The minimum absolute atomic E-state index is 0.0871. The molecule has 0 aromatic heterocycles. The van der Waals surface area contributed by atoms with Crippen molar-refractivity contribution in [2.24, 2.45) is 0 Å². The Bertz CT molecular complexity index is 265. The molecular formula is C9H12O4. The summed E-state index contributed by atoms with van der Waals surface area (Å²) in [5.74, 6) is 0.252. The van der Waals surface area contributed by atoms with Gasteiger partial charge in [0.15, 0.2) is 5.78 Å². The molecule has 72 valence electrons. The minimum Gasteiger partial charge on any atom is -0.449 e. The molecule has 1 aliphatic rings. The van der Waals surface area contributed by atoms with Gasteiger partial charge in [-0.15, -0.1) is 0 Å². The molecule has 0 aromatic carbocycles. The number of carbonyl (C=O) groups excluding carboxylic acids is 1.